The van der Waals surface area contributed by atoms with Gasteiger partial charge < -0.3 is 4.74 Å². The molecule has 0 unspecified atom stereocenters. The smallest absolute Gasteiger partial charge is 0.461 e. The van der Waals surface area contributed by atoms with Gasteiger partial charge in [-0.25, -0.2) is 3.63 Å². The molecule has 0 aromatic heterocycles. The van der Waals surface area contributed by atoms with Gasteiger partial charge in [0.25, 0.3) is 0 Å². The van der Waals surface area contributed by atoms with E-state index in [1.807, 2.05) is 0 Å². The van der Waals surface area contributed by atoms with Crippen LogP contribution < -0.4 is 4.74 Å². The summed E-state index contributed by atoms with van der Waals surface area (Å²) in [6, 6.07) is 19.0. The van der Waals surface area contributed by atoms with E-state index in [2.05, 4.69) is 0 Å². The molecule has 13 heteroatoms. The van der Waals surface area contributed by atoms with Crippen LogP contribution in [0.1, 0.15) is 0 Å². The van der Waals surface area contributed by atoms with Gasteiger partial charge in [-0.2, -0.15) is 39.2 Å². The Balaban J connectivity index is 2.35. The highest BCUT2D eigenvalue weighted by molar-refractivity contribution is 8.33. The summed E-state index contributed by atoms with van der Waals surface area (Å²) < 4.78 is 130. The maximum atomic E-state index is 14.5. The van der Waals surface area contributed by atoms with Gasteiger partial charge in [0.2, 0.25) is 0 Å². The molecule has 35 heavy (non-hydrogen) atoms. The number of methoxy groups -OCH3 is 1. The number of alkyl halides is 7. The average Bonchev–Trinajstić information content (AvgIpc) is 2.83. The Labute approximate surface area is 197 Å². The number of halogens is 7. The van der Waals surface area contributed by atoms with Crippen LogP contribution in [-0.4, -0.2) is 32.9 Å². The number of ether oxygens (including phenoxy) is 1. The number of hydrogen-bond donors (Lipinski definition) is 0. The van der Waals surface area contributed by atoms with Crippen molar-refractivity contribution < 1.29 is 47.5 Å². The summed E-state index contributed by atoms with van der Waals surface area (Å²) in [6.07, 6.45) is -6.87. The zero-order chi connectivity index (χ0) is 26.1. The highest BCUT2D eigenvalue weighted by Gasteiger charge is 2.80. The molecule has 0 fully saturated rings. The second-order valence-electron chi connectivity index (χ2n) is 6.97. The van der Waals surface area contributed by atoms with E-state index in [4.69, 9.17) is 8.37 Å². The Hall–Kier alpha value is -2.77. The molecule has 0 saturated heterocycles. The van der Waals surface area contributed by atoms with E-state index in [0.29, 0.717) is 0 Å². The van der Waals surface area contributed by atoms with E-state index in [9.17, 15) is 39.2 Å². The molecular weight excluding hydrogens is 525 g/mol. The lowest BCUT2D eigenvalue weighted by Gasteiger charge is -2.40. The van der Waals surface area contributed by atoms with Gasteiger partial charge in [-0.05, 0) is 58.8 Å². The van der Waals surface area contributed by atoms with Crippen molar-refractivity contribution in [1.82, 2.24) is 0 Å². The molecule has 0 amide bonds. The van der Waals surface area contributed by atoms with Crippen LogP contribution in [0.5, 0.6) is 5.75 Å². The van der Waals surface area contributed by atoms with Crippen molar-refractivity contribution in [3.63, 3.8) is 0 Å². The summed E-state index contributed by atoms with van der Waals surface area (Å²) >= 11 is 0. The summed E-state index contributed by atoms with van der Waals surface area (Å²) in [4.78, 5) is -0.178. The van der Waals surface area contributed by atoms with Crippen molar-refractivity contribution in [2.45, 2.75) is 32.0 Å². The van der Waals surface area contributed by atoms with Crippen LogP contribution in [0.15, 0.2) is 99.6 Å². The Morgan fingerprint density at radius 2 is 1.03 bits per heavy atom. The molecule has 0 aliphatic heterocycles. The van der Waals surface area contributed by atoms with Gasteiger partial charge >= 0.3 is 27.5 Å². The van der Waals surface area contributed by atoms with Crippen LogP contribution in [0.4, 0.5) is 30.7 Å². The number of rotatable bonds is 8. The molecule has 0 spiro atoms. The topological polar surface area (TPSA) is 52.6 Å². The molecule has 0 heterocycles. The lowest BCUT2D eigenvalue weighted by atomic mass is 10.3. The highest BCUT2D eigenvalue weighted by Crippen LogP contribution is 2.71. The maximum absolute atomic E-state index is 14.5. The van der Waals surface area contributed by atoms with Crippen molar-refractivity contribution in [1.29, 1.82) is 0 Å². The quantitative estimate of drug-likeness (QED) is 0.287. The van der Waals surface area contributed by atoms with Crippen LogP contribution in [-0.2, 0) is 13.7 Å². The monoisotopic (exact) mass is 542 g/mol. The molecule has 190 valence electrons. The van der Waals surface area contributed by atoms with Crippen molar-refractivity contribution in [3.8, 4) is 5.75 Å². The van der Waals surface area contributed by atoms with Crippen molar-refractivity contribution in [2.24, 2.45) is 0 Å². The van der Waals surface area contributed by atoms with Gasteiger partial charge in [0.15, 0.2) is 0 Å². The van der Waals surface area contributed by atoms with E-state index < -0.39 is 37.8 Å². The summed E-state index contributed by atoms with van der Waals surface area (Å²) in [5.41, 5.74) is 0. The maximum Gasteiger partial charge on any atom is 0.461 e. The minimum atomic E-state index is -6.93. The largest absolute Gasteiger partial charge is 0.497 e. The zero-order valence-corrected chi connectivity index (χ0v) is 19.3. The zero-order valence-electron chi connectivity index (χ0n) is 17.7. The van der Waals surface area contributed by atoms with Gasteiger partial charge in [0, 0.05) is 14.7 Å². The minimum absolute atomic E-state index is 0.0499. The predicted molar refractivity (Wildman–Crippen MR) is 114 cm³/mol. The van der Waals surface area contributed by atoms with Crippen LogP contribution in [0.25, 0.3) is 0 Å². The molecule has 0 aliphatic carbocycles. The van der Waals surface area contributed by atoms with Crippen LogP contribution >= 0.6 is 10.3 Å². The molecule has 3 aromatic carbocycles. The lowest BCUT2D eigenvalue weighted by molar-refractivity contribution is -0.333. The van der Waals surface area contributed by atoms with E-state index in [1.165, 1.54) is 92.0 Å². The fourth-order valence-electron chi connectivity index (χ4n) is 3.02. The summed E-state index contributed by atoms with van der Waals surface area (Å²) in [7, 11) is -9.42. The van der Waals surface area contributed by atoms with Gasteiger partial charge in [-0.1, -0.05) is 36.4 Å². The molecule has 0 bridgehead atoms. The van der Waals surface area contributed by atoms with Gasteiger partial charge in [0.05, 0.1) is 7.11 Å². The first-order valence-electron chi connectivity index (χ1n) is 9.56. The normalized spacial score (nSPS) is 13.9. The number of hydrogen-bond acceptors (Lipinski definition) is 4. The lowest BCUT2D eigenvalue weighted by Crippen LogP contribution is -2.56. The molecule has 0 saturated carbocycles. The van der Waals surface area contributed by atoms with Crippen molar-refractivity contribution in [3.05, 3.63) is 84.9 Å². The molecule has 3 aromatic rings. The van der Waals surface area contributed by atoms with E-state index in [0.717, 1.165) is 0 Å². The first kappa shape index (κ1) is 26.8. The van der Waals surface area contributed by atoms with Crippen LogP contribution in [0.3, 0.4) is 0 Å². The Morgan fingerprint density at radius 3 is 1.40 bits per heavy atom. The Kier molecular flexibility index (Phi) is 7.17. The second kappa shape index (κ2) is 9.36. The number of benzene rings is 3. The van der Waals surface area contributed by atoms with E-state index in [1.54, 1.807) is 0 Å². The van der Waals surface area contributed by atoms with Gasteiger partial charge in [-0.15, -0.1) is 0 Å². The molecular formula is C22H17F7O4S2. The van der Waals surface area contributed by atoms with Crippen LogP contribution in [0.2, 0.25) is 0 Å². The molecule has 3 rings (SSSR count). The summed E-state index contributed by atoms with van der Waals surface area (Å²) in [5.74, 6) is -6.66. The standard InChI is InChI=1S/C22H17F7O4S2/c1-32-16-12-14-19(15-13-16)34(17-8-4-2-5-9-17,18-10-6-3-7-11-18)33-35(30,31)22(28,29)20(23,24)21(25,26)27/h2-15H,1H3. The molecule has 0 atom stereocenters. The fraction of sp³-hybridized carbons (Fsp3) is 0.182. The second-order valence-corrected chi connectivity index (χ2v) is 11.5. The van der Waals surface area contributed by atoms with Gasteiger partial charge in [0.1, 0.15) is 5.75 Å². The third-order valence-electron chi connectivity index (χ3n) is 4.77. The third kappa shape index (κ3) is 4.59. The molecule has 0 aliphatic rings. The first-order chi connectivity index (χ1) is 16.2. The highest BCUT2D eigenvalue weighted by atomic mass is 32.3. The molecule has 4 nitrogen and oxygen atoms in total. The fourth-order valence-corrected chi connectivity index (χ4v) is 8.22. The molecule has 0 N–H and O–H groups in total. The average molecular weight is 542 g/mol. The molecule has 0 radical (unpaired) electrons. The van der Waals surface area contributed by atoms with E-state index >= 15 is 0 Å². The Morgan fingerprint density at radius 1 is 0.629 bits per heavy atom. The Bertz CT molecular complexity index is 1210. The first-order valence-corrected chi connectivity index (χ1v) is 12.5. The third-order valence-corrected chi connectivity index (χ3v) is 9.99. The SMILES string of the molecule is COc1ccc(S(OS(=O)(=O)C(F)(F)C(F)(F)C(F)(F)F)(c2ccccc2)c2ccccc2)cc1. The van der Waals surface area contributed by atoms with E-state index in [-0.39, 0.29) is 20.4 Å². The van der Waals surface area contributed by atoms with Crippen molar-refractivity contribution in [2.75, 3.05) is 7.11 Å². The minimum Gasteiger partial charge on any atom is -0.497 e. The summed E-state index contributed by atoms with van der Waals surface area (Å²) in [6.45, 7) is 0. The van der Waals surface area contributed by atoms with Crippen molar-refractivity contribution >= 4 is 20.4 Å². The van der Waals surface area contributed by atoms with Gasteiger partial charge in [-0.3, -0.25) is 0 Å². The van der Waals surface area contributed by atoms with Crippen LogP contribution in [0, 0.1) is 0 Å². The predicted octanol–water partition coefficient (Wildman–Crippen LogP) is 7.03. The summed E-state index contributed by atoms with van der Waals surface area (Å²) in [5, 5.41) is -6.65.